The van der Waals surface area contributed by atoms with Crippen LogP contribution < -0.4 is 0 Å². The van der Waals surface area contributed by atoms with Crippen molar-refractivity contribution in [1.29, 1.82) is 0 Å². The average molecular weight is 216 g/mol. The van der Waals surface area contributed by atoms with Crippen molar-refractivity contribution >= 4 is 17.7 Å². The van der Waals surface area contributed by atoms with Crippen molar-refractivity contribution < 1.29 is 14.1 Å². The Hall–Kier alpha value is -1.04. The molecule has 5 nitrogen and oxygen atoms in total. The molecule has 0 saturated carbocycles. The van der Waals surface area contributed by atoms with Crippen LogP contribution >= 0.6 is 11.8 Å². The molecule has 1 unspecified atom stereocenters. The maximum Gasteiger partial charge on any atom is 0.309 e. The minimum absolute atomic E-state index is 0.104. The first kappa shape index (κ1) is 11.0. The minimum atomic E-state index is -0.192. The lowest BCUT2D eigenvalue weighted by molar-refractivity contribution is -0.143. The Balaban J connectivity index is 2.18. The highest BCUT2D eigenvalue weighted by atomic mass is 32.2. The Morgan fingerprint density at radius 2 is 2.57 bits per heavy atom. The van der Waals surface area contributed by atoms with E-state index in [0.29, 0.717) is 17.4 Å². The van der Waals surface area contributed by atoms with Gasteiger partial charge in [-0.15, -0.1) is 0 Å². The van der Waals surface area contributed by atoms with Crippen LogP contribution in [0, 0.1) is 5.92 Å². The lowest BCUT2D eigenvalue weighted by atomic mass is 10.2. The van der Waals surface area contributed by atoms with E-state index in [1.807, 2.05) is 6.92 Å². The van der Waals surface area contributed by atoms with Gasteiger partial charge in [0.15, 0.2) is 6.33 Å². The molecule has 1 rings (SSSR count). The molecule has 1 aromatic rings. The number of ether oxygens (including phenoxy) is 1. The van der Waals surface area contributed by atoms with E-state index in [9.17, 15) is 4.79 Å². The molecule has 0 aliphatic rings. The van der Waals surface area contributed by atoms with Crippen LogP contribution in [-0.4, -0.2) is 29.0 Å². The van der Waals surface area contributed by atoms with Crippen molar-refractivity contribution in [2.24, 2.45) is 5.92 Å². The van der Waals surface area contributed by atoms with Gasteiger partial charge in [0.05, 0.1) is 18.8 Å². The van der Waals surface area contributed by atoms with Crippen molar-refractivity contribution in [2.75, 3.05) is 12.9 Å². The third-order valence-electron chi connectivity index (χ3n) is 1.60. The van der Waals surface area contributed by atoms with E-state index in [4.69, 9.17) is 4.52 Å². The Morgan fingerprint density at radius 3 is 3.14 bits per heavy atom. The number of carbonyl (C=O) groups excluding carboxylic acids is 1. The van der Waals surface area contributed by atoms with E-state index in [2.05, 4.69) is 14.9 Å². The standard InChI is InChI=1S/C8H12N2O3S/c1-6(8(11)12-2)3-14-4-7-9-5-10-13-7/h5-6H,3-4H2,1-2H3. The molecule has 78 valence electrons. The molecule has 6 heteroatoms. The highest BCUT2D eigenvalue weighted by Crippen LogP contribution is 2.14. The van der Waals surface area contributed by atoms with E-state index >= 15 is 0 Å². The number of hydrogen-bond acceptors (Lipinski definition) is 6. The van der Waals surface area contributed by atoms with Gasteiger partial charge >= 0.3 is 5.97 Å². The zero-order chi connectivity index (χ0) is 10.4. The summed E-state index contributed by atoms with van der Waals surface area (Å²) in [5.41, 5.74) is 0. The topological polar surface area (TPSA) is 65.2 Å². The number of hydrogen-bond donors (Lipinski definition) is 0. The summed E-state index contributed by atoms with van der Waals surface area (Å²) in [5.74, 6) is 1.60. The van der Waals surface area contributed by atoms with E-state index in [1.165, 1.54) is 13.4 Å². The summed E-state index contributed by atoms with van der Waals surface area (Å²) < 4.78 is 9.40. The summed E-state index contributed by atoms with van der Waals surface area (Å²) in [6.45, 7) is 1.83. The van der Waals surface area contributed by atoms with Crippen LogP contribution in [0.3, 0.4) is 0 Å². The average Bonchev–Trinajstić information content (AvgIpc) is 2.69. The molecule has 0 aromatic carbocycles. The van der Waals surface area contributed by atoms with Gasteiger partial charge in [0.2, 0.25) is 5.89 Å². The first-order chi connectivity index (χ1) is 6.74. The first-order valence-electron chi connectivity index (χ1n) is 4.15. The minimum Gasteiger partial charge on any atom is -0.469 e. The Bertz CT molecular complexity index is 276. The monoisotopic (exact) mass is 216 g/mol. The van der Waals surface area contributed by atoms with E-state index < -0.39 is 0 Å². The summed E-state index contributed by atoms with van der Waals surface area (Å²) in [4.78, 5) is 14.9. The normalized spacial score (nSPS) is 12.4. The van der Waals surface area contributed by atoms with Gasteiger partial charge in [-0.05, 0) is 0 Å². The van der Waals surface area contributed by atoms with Crippen LogP contribution in [0.25, 0.3) is 0 Å². The van der Waals surface area contributed by atoms with Crippen LogP contribution in [0.1, 0.15) is 12.8 Å². The van der Waals surface area contributed by atoms with Crippen molar-refractivity contribution in [2.45, 2.75) is 12.7 Å². The summed E-state index contributed by atoms with van der Waals surface area (Å²) >= 11 is 1.57. The molecule has 1 atom stereocenters. The summed E-state index contributed by atoms with van der Waals surface area (Å²) in [6, 6.07) is 0. The molecule has 0 saturated heterocycles. The fourth-order valence-corrected chi connectivity index (χ4v) is 1.76. The highest BCUT2D eigenvalue weighted by molar-refractivity contribution is 7.98. The molecule has 0 bridgehead atoms. The van der Waals surface area contributed by atoms with Crippen LogP contribution in [0.5, 0.6) is 0 Å². The molecule has 0 N–H and O–H groups in total. The Kier molecular flexibility index (Phi) is 4.45. The second-order valence-electron chi connectivity index (χ2n) is 2.77. The summed E-state index contributed by atoms with van der Waals surface area (Å²) in [6.07, 6.45) is 1.36. The fraction of sp³-hybridized carbons (Fsp3) is 0.625. The quantitative estimate of drug-likeness (QED) is 0.687. The zero-order valence-electron chi connectivity index (χ0n) is 8.10. The smallest absolute Gasteiger partial charge is 0.309 e. The van der Waals surface area contributed by atoms with Gasteiger partial charge in [-0.2, -0.15) is 16.7 Å². The second kappa shape index (κ2) is 5.64. The van der Waals surface area contributed by atoms with E-state index in [-0.39, 0.29) is 11.9 Å². The molecule has 0 fully saturated rings. The predicted octanol–water partition coefficient (Wildman–Crippen LogP) is 1.11. The SMILES string of the molecule is COC(=O)C(C)CSCc1ncno1. The molecule has 14 heavy (non-hydrogen) atoms. The van der Waals surface area contributed by atoms with Gasteiger partial charge in [0.1, 0.15) is 0 Å². The van der Waals surface area contributed by atoms with Crippen molar-refractivity contribution in [1.82, 2.24) is 10.1 Å². The molecule has 0 aliphatic carbocycles. The van der Waals surface area contributed by atoms with Crippen molar-refractivity contribution in [3.8, 4) is 0 Å². The van der Waals surface area contributed by atoms with Gasteiger partial charge in [0, 0.05) is 5.75 Å². The zero-order valence-corrected chi connectivity index (χ0v) is 8.91. The molecule has 0 radical (unpaired) electrons. The predicted molar refractivity (Wildman–Crippen MR) is 51.6 cm³/mol. The number of aromatic nitrogens is 2. The van der Waals surface area contributed by atoms with Crippen LogP contribution in [-0.2, 0) is 15.3 Å². The second-order valence-corrected chi connectivity index (χ2v) is 3.80. The number of carbonyl (C=O) groups is 1. The first-order valence-corrected chi connectivity index (χ1v) is 5.30. The molecular weight excluding hydrogens is 204 g/mol. The van der Waals surface area contributed by atoms with Crippen molar-refractivity contribution in [3.05, 3.63) is 12.2 Å². The largest absolute Gasteiger partial charge is 0.469 e. The molecule has 0 amide bonds. The van der Waals surface area contributed by atoms with Gasteiger partial charge in [-0.1, -0.05) is 12.1 Å². The van der Waals surface area contributed by atoms with Crippen LogP contribution in [0.4, 0.5) is 0 Å². The number of esters is 1. The van der Waals surface area contributed by atoms with Crippen molar-refractivity contribution in [3.63, 3.8) is 0 Å². The van der Waals surface area contributed by atoms with Crippen LogP contribution in [0.2, 0.25) is 0 Å². The summed E-state index contributed by atoms with van der Waals surface area (Å²) in [5, 5.41) is 3.48. The highest BCUT2D eigenvalue weighted by Gasteiger charge is 2.13. The maximum absolute atomic E-state index is 11.0. The maximum atomic E-state index is 11.0. The van der Waals surface area contributed by atoms with E-state index in [0.717, 1.165) is 0 Å². The summed E-state index contributed by atoms with van der Waals surface area (Å²) in [7, 11) is 1.39. The van der Waals surface area contributed by atoms with E-state index in [1.54, 1.807) is 11.8 Å². The van der Waals surface area contributed by atoms with Crippen LogP contribution in [0.15, 0.2) is 10.9 Å². The Labute approximate surface area is 86.2 Å². The fourth-order valence-electron chi connectivity index (χ4n) is 0.852. The molecule has 0 aliphatic heterocycles. The number of methoxy groups -OCH3 is 1. The number of rotatable bonds is 5. The number of thioether (sulfide) groups is 1. The van der Waals surface area contributed by atoms with Gasteiger partial charge < -0.3 is 9.26 Å². The third kappa shape index (κ3) is 3.37. The lowest BCUT2D eigenvalue weighted by Gasteiger charge is -2.06. The molecule has 1 heterocycles. The Morgan fingerprint density at radius 1 is 1.79 bits per heavy atom. The van der Waals surface area contributed by atoms with Gasteiger partial charge in [-0.25, -0.2) is 0 Å². The number of nitrogens with zero attached hydrogens (tertiary/aromatic N) is 2. The van der Waals surface area contributed by atoms with Gasteiger partial charge in [0.25, 0.3) is 0 Å². The molecule has 1 aromatic heterocycles. The molecular formula is C8H12N2O3S. The van der Waals surface area contributed by atoms with Gasteiger partial charge in [-0.3, -0.25) is 4.79 Å². The molecule has 0 spiro atoms. The lowest BCUT2D eigenvalue weighted by Crippen LogP contribution is -2.14. The third-order valence-corrected chi connectivity index (χ3v) is 2.79.